The van der Waals surface area contributed by atoms with Gasteiger partial charge in [0, 0.05) is 5.92 Å². The van der Waals surface area contributed by atoms with Gasteiger partial charge in [-0.25, -0.2) is 9.59 Å². The number of carbonyl (C=O) groups is 1. The first kappa shape index (κ1) is 11.0. The molecule has 14 heavy (non-hydrogen) atoms. The van der Waals surface area contributed by atoms with E-state index in [9.17, 15) is 9.59 Å². The Morgan fingerprint density at radius 3 is 2.64 bits per heavy atom. The summed E-state index contributed by atoms with van der Waals surface area (Å²) >= 11 is 0. The van der Waals surface area contributed by atoms with Crippen molar-refractivity contribution in [2.45, 2.75) is 38.7 Å². The van der Waals surface area contributed by atoms with E-state index in [0.29, 0.717) is 6.61 Å². The Morgan fingerprint density at radius 2 is 2.21 bits per heavy atom. The average molecular weight is 199 g/mol. The minimum absolute atomic E-state index is 0.105. The molecule has 0 spiro atoms. The Bertz CT molecular complexity index is 222. The lowest BCUT2D eigenvalue weighted by Crippen LogP contribution is -2.42. The van der Waals surface area contributed by atoms with Crippen LogP contribution in [0.3, 0.4) is 0 Å². The van der Waals surface area contributed by atoms with Crippen LogP contribution in [0.2, 0.25) is 0 Å². The maximum absolute atomic E-state index is 11.6. The van der Waals surface area contributed by atoms with Gasteiger partial charge < -0.3 is 9.47 Å². The van der Waals surface area contributed by atoms with Crippen LogP contribution in [0.4, 0.5) is 0 Å². The van der Waals surface area contributed by atoms with Crippen LogP contribution in [-0.2, 0) is 19.1 Å². The minimum Gasteiger partial charge on any atom is -0.463 e. The molecule has 1 rings (SSSR count). The highest BCUT2D eigenvalue weighted by molar-refractivity contribution is 5.81. The fourth-order valence-corrected chi connectivity index (χ4v) is 1.35. The van der Waals surface area contributed by atoms with Crippen LogP contribution in [0.25, 0.3) is 0 Å². The second-order valence-electron chi connectivity index (χ2n) is 3.70. The Hall–Kier alpha value is -1.06. The second kappa shape index (κ2) is 4.44. The summed E-state index contributed by atoms with van der Waals surface area (Å²) in [5, 5.41) is 0. The monoisotopic (exact) mass is 199 g/mol. The highest BCUT2D eigenvalue weighted by atomic mass is 16.6. The highest BCUT2D eigenvalue weighted by Crippen LogP contribution is 2.42. The van der Waals surface area contributed by atoms with Gasteiger partial charge in [0.05, 0.1) is 6.61 Å². The predicted octanol–water partition coefficient (Wildman–Crippen LogP) is 1.19. The van der Waals surface area contributed by atoms with Crippen LogP contribution in [0.15, 0.2) is 0 Å². The van der Waals surface area contributed by atoms with Gasteiger partial charge in [-0.2, -0.15) is 0 Å². The van der Waals surface area contributed by atoms with Crippen molar-refractivity contribution in [1.29, 1.82) is 0 Å². The molecule has 1 radical (unpaired) electrons. The fraction of sp³-hybridized carbons (Fsp3) is 0.800. The molecule has 1 aliphatic carbocycles. The molecule has 0 aromatic heterocycles. The predicted molar refractivity (Wildman–Crippen MR) is 49.2 cm³/mol. The first-order valence-corrected chi connectivity index (χ1v) is 4.87. The maximum Gasteiger partial charge on any atom is 0.418 e. The highest BCUT2D eigenvalue weighted by Gasteiger charge is 2.50. The summed E-state index contributed by atoms with van der Waals surface area (Å²) in [5.74, 6) is -0.349. The van der Waals surface area contributed by atoms with E-state index in [1.54, 1.807) is 6.92 Å². The maximum atomic E-state index is 11.6. The number of ether oxygens (including phenoxy) is 2. The average Bonchev–Trinajstić information content (AvgIpc) is 2.97. The third-order valence-corrected chi connectivity index (χ3v) is 2.45. The smallest absolute Gasteiger partial charge is 0.418 e. The van der Waals surface area contributed by atoms with E-state index >= 15 is 0 Å². The Balaban J connectivity index is 2.56. The molecule has 0 amide bonds. The van der Waals surface area contributed by atoms with Gasteiger partial charge in [0.15, 0.2) is 0 Å². The SMILES string of the molecule is CCCOC(=O)C(C)(O[C]=O)C1CC1. The van der Waals surface area contributed by atoms with Crippen molar-refractivity contribution in [3.8, 4) is 0 Å². The van der Waals surface area contributed by atoms with Crippen molar-refractivity contribution in [1.82, 2.24) is 0 Å². The van der Waals surface area contributed by atoms with Crippen molar-refractivity contribution < 1.29 is 19.1 Å². The number of carbonyl (C=O) groups excluding carboxylic acids is 2. The lowest BCUT2D eigenvalue weighted by molar-refractivity contribution is -0.164. The number of hydrogen-bond donors (Lipinski definition) is 0. The topological polar surface area (TPSA) is 52.6 Å². The molecule has 79 valence electrons. The molecule has 1 unspecified atom stereocenters. The van der Waals surface area contributed by atoms with E-state index in [-0.39, 0.29) is 5.92 Å². The van der Waals surface area contributed by atoms with Crippen molar-refractivity contribution in [3.05, 3.63) is 0 Å². The molecule has 1 aliphatic rings. The van der Waals surface area contributed by atoms with Gasteiger partial charge >= 0.3 is 12.4 Å². The van der Waals surface area contributed by atoms with Crippen LogP contribution >= 0.6 is 0 Å². The molecule has 1 saturated carbocycles. The van der Waals surface area contributed by atoms with E-state index in [0.717, 1.165) is 19.3 Å². The molecule has 0 saturated heterocycles. The third kappa shape index (κ3) is 2.25. The molecule has 0 heterocycles. The van der Waals surface area contributed by atoms with Crippen LogP contribution in [0, 0.1) is 5.92 Å². The minimum atomic E-state index is -1.11. The molecule has 0 N–H and O–H groups in total. The van der Waals surface area contributed by atoms with Gasteiger partial charge in [-0.3, -0.25) is 0 Å². The van der Waals surface area contributed by atoms with Crippen LogP contribution in [-0.4, -0.2) is 24.6 Å². The summed E-state index contributed by atoms with van der Waals surface area (Å²) in [6.07, 6.45) is 2.57. The van der Waals surface area contributed by atoms with Gasteiger partial charge in [-0.05, 0) is 26.2 Å². The standard InChI is InChI=1S/C10H15O4/c1-3-6-13-9(12)10(2,14-7-11)8-4-5-8/h8H,3-6H2,1-2H3. The zero-order valence-electron chi connectivity index (χ0n) is 8.54. The summed E-state index contributed by atoms with van der Waals surface area (Å²) in [4.78, 5) is 21.7. The molecule has 4 nitrogen and oxygen atoms in total. The largest absolute Gasteiger partial charge is 0.463 e. The molecule has 1 atom stereocenters. The Morgan fingerprint density at radius 1 is 1.57 bits per heavy atom. The van der Waals surface area contributed by atoms with Crippen molar-refractivity contribution in [3.63, 3.8) is 0 Å². The summed E-state index contributed by atoms with van der Waals surface area (Å²) in [5.41, 5.74) is -1.11. The van der Waals surface area contributed by atoms with Gasteiger partial charge in [-0.1, -0.05) is 6.92 Å². The summed E-state index contributed by atoms with van der Waals surface area (Å²) in [6.45, 7) is 5.20. The van der Waals surface area contributed by atoms with E-state index in [1.165, 1.54) is 6.47 Å². The summed E-state index contributed by atoms with van der Waals surface area (Å²) in [6, 6.07) is 0. The molecule has 0 aliphatic heterocycles. The lowest BCUT2D eigenvalue weighted by Gasteiger charge is -2.24. The lowest BCUT2D eigenvalue weighted by atomic mass is 10.0. The van der Waals surface area contributed by atoms with Gasteiger partial charge in [0.2, 0.25) is 5.60 Å². The second-order valence-corrected chi connectivity index (χ2v) is 3.70. The zero-order chi connectivity index (χ0) is 10.6. The molecule has 1 fully saturated rings. The van der Waals surface area contributed by atoms with Crippen LogP contribution in [0.5, 0.6) is 0 Å². The summed E-state index contributed by atoms with van der Waals surface area (Å²) in [7, 11) is 0. The van der Waals surface area contributed by atoms with E-state index < -0.39 is 11.6 Å². The van der Waals surface area contributed by atoms with E-state index in [4.69, 9.17) is 9.47 Å². The van der Waals surface area contributed by atoms with Crippen molar-refractivity contribution in [2.75, 3.05) is 6.61 Å². The van der Waals surface area contributed by atoms with Crippen molar-refractivity contribution in [2.24, 2.45) is 5.92 Å². The molecular formula is C10H15O4. The number of esters is 1. The number of rotatable bonds is 6. The fourth-order valence-electron chi connectivity index (χ4n) is 1.35. The number of hydrogen-bond acceptors (Lipinski definition) is 4. The van der Waals surface area contributed by atoms with Crippen LogP contribution < -0.4 is 0 Å². The zero-order valence-corrected chi connectivity index (χ0v) is 8.54. The normalized spacial score (nSPS) is 19.6. The Kier molecular flexibility index (Phi) is 3.49. The van der Waals surface area contributed by atoms with Gasteiger partial charge in [0.1, 0.15) is 0 Å². The molecule has 0 bridgehead atoms. The van der Waals surface area contributed by atoms with E-state index in [2.05, 4.69) is 0 Å². The molecular weight excluding hydrogens is 184 g/mol. The van der Waals surface area contributed by atoms with E-state index in [1.807, 2.05) is 6.92 Å². The van der Waals surface area contributed by atoms with Crippen LogP contribution in [0.1, 0.15) is 33.1 Å². The van der Waals surface area contributed by atoms with Crippen molar-refractivity contribution >= 4 is 12.4 Å². The molecule has 0 aromatic carbocycles. The first-order valence-electron chi connectivity index (χ1n) is 4.87. The van der Waals surface area contributed by atoms with Gasteiger partial charge in [0.25, 0.3) is 0 Å². The molecule has 0 aromatic rings. The van der Waals surface area contributed by atoms with Gasteiger partial charge in [-0.15, -0.1) is 0 Å². The summed E-state index contributed by atoms with van der Waals surface area (Å²) < 4.78 is 9.70. The first-order chi connectivity index (χ1) is 6.65. The molecule has 4 heteroatoms. The quantitative estimate of drug-likeness (QED) is 0.603. The Labute approximate surface area is 83.6 Å². The third-order valence-electron chi connectivity index (χ3n) is 2.45.